The monoisotopic (exact) mass is 579 g/mol. The van der Waals surface area contributed by atoms with Gasteiger partial charge in [0.05, 0.1) is 10.6 Å². The van der Waals surface area contributed by atoms with E-state index in [1.54, 1.807) is 43.3 Å². The summed E-state index contributed by atoms with van der Waals surface area (Å²) < 4.78 is 40.2. The van der Waals surface area contributed by atoms with Crippen molar-refractivity contribution in [2.24, 2.45) is 0 Å². The standard InChI is InChI=1S/C31H37N3O6S/c1-4-5-17-32-31(36)24(3)33(21-25-13-11-23(2)12-14-25)30(35)22-34(41(37,38)27-9-7-6-8-10-27)26-15-16-28-29(20-26)40-19-18-39-28/h6-16,20,24H,4-5,17-19,21-22H2,1-3H3,(H,32,36). The Morgan fingerprint density at radius 3 is 2.32 bits per heavy atom. The number of carbonyl (C=O) groups excluding carboxylic acids is 2. The minimum Gasteiger partial charge on any atom is -0.486 e. The maximum absolute atomic E-state index is 14.0. The van der Waals surface area contributed by atoms with Crippen LogP contribution in [0.4, 0.5) is 5.69 Å². The van der Waals surface area contributed by atoms with E-state index < -0.39 is 28.5 Å². The molecule has 1 aliphatic rings. The SMILES string of the molecule is CCCCNC(=O)C(C)N(Cc1ccc(C)cc1)C(=O)CN(c1ccc2c(c1)OCCO2)S(=O)(=O)c1ccccc1. The topological polar surface area (TPSA) is 105 Å². The third-order valence-electron chi connectivity index (χ3n) is 6.89. The highest BCUT2D eigenvalue weighted by Crippen LogP contribution is 2.36. The van der Waals surface area contributed by atoms with Gasteiger partial charge in [-0.25, -0.2) is 8.42 Å². The first-order chi connectivity index (χ1) is 19.7. The normalized spacial score (nSPS) is 13.2. The highest BCUT2D eigenvalue weighted by atomic mass is 32.2. The molecule has 10 heteroatoms. The number of sulfonamides is 1. The molecule has 0 saturated heterocycles. The largest absolute Gasteiger partial charge is 0.486 e. The summed E-state index contributed by atoms with van der Waals surface area (Å²) in [7, 11) is -4.16. The van der Waals surface area contributed by atoms with E-state index in [2.05, 4.69) is 5.32 Å². The van der Waals surface area contributed by atoms with Crippen LogP contribution in [0.3, 0.4) is 0 Å². The van der Waals surface area contributed by atoms with Crippen molar-refractivity contribution < 1.29 is 27.5 Å². The number of nitrogens with one attached hydrogen (secondary N) is 1. The van der Waals surface area contributed by atoms with E-state index in [-0.39, 0.29) is 23.0 Å². The van der Waals surface area contributed by atoms with Crippen LogP contribution in [0.15, 0.2) is 77.7 Å². The highest BCUT2D eigenvalue weighted by Gasteiger charge is 2.33. The van der Waals surface area contributed by atoms with E-state index in [9.17, 15) is 18.0 Å². The molecule has 0 aliphatic carbocycles. The summed E-state index contributed by atoms with van der Waals surface area (Å²) in [6.45, 7) is 6.50. The number of fused-ring (bicyclic) bond motifs is 1. The highest BCUT2D eigenvalue weighted by molar-refractivity contribution is 7.92. The molecule has 1 unspecified atom stereocenters. The van der Waals surface area contributed by atoms with E-state index >= 15 is 0 Å². The molecule has 1 N–H and O–H groups in total. The molecule has 3 aromatic rings. The van der Waals surface area contributed by atoms with Crippen molar-refractivity contribution in [3.8, 4) is 11.5 Å². The van der Waals surface area contributed by atoms with Gasteiger partial charge in [-0.1, -0.05) is 61.4 Å². The molecule has 0 bridgehead atoms. The third-order valence-corrected chi connectivity index (χ3v) is 8.68. The van der Waals surface area contributed by atoms with E-state index in [0.29, 0.717) is 31.3 Å². The van der Waals surface area contributed by atoms with Crippen LogP contribution in [0.1, 0.15) is 37.8 Å². The van der Waals surface area contributed by atoms with Crippen molar-refractivity contribution in [1.82, 2.24) is 10.2 Å². The van der Waals surface area contributed by atoms with Gasteiger partial charge in [0.25, 0.3) is 10.0 Å². The molecule has 0 saturated carbocycles. The predicted molar refractivity (Wildman–Crippen MR) is 158 cm³/mol. The Kier molecular flexibility index (Phi) is 9.88. The fourth-order valence-electron chi connectivity index (χ4n) is 4.44. The zero-order chi connectivity index (χ0) is 29.4. The Morgan fingerprint density at radius 2 is 1.63 bits per heavy atom. The molecule has 0 radical (unpaired) electrons. The molecule has 3 aromatic carbocycles. The van der Waals surface area contributed by atoms with Crippen LogP contribution in [0.5, 0.6) is 11.5 Å². The summed E-state index contributed by atoms with van der Waals surface area (Å²) in [6.07, 6.45) is 1.74. The van der Waals surface area contributed by atoms with E-state index in [4.69, 9.17) is 9.47 Å². The van der Waals surface area contributed by atoms with Gasteiger partial charge in [0.15, 0.2) is 11.5 Å². The van der Waals surface area contributed by atoms with Gasteiger partial charge in [-0.15, -0.1) is 0 Å². The Balaban J connectivity index is 1.70. The molecule has 2 amide bonds. The lowest BCUT2D eigenvalue weighted by molar-refractivity contribution is -0.139. The van der Waals surface area contributed by atoms with Gasteiger partial charge in [0.1, 0.15) is 25.8 Å². The zero-order valence-electron chi connectivity index (χ0n) is 23.7. The number of nitrogens with zero attached hydrogens (tertiary/aromatic N) is 2. The molecule has 0 fully saturated rings. The molecule has 0 aromatic heterocycles. The molecule has 4 rings (SSSR count). The Morgan fingerprint density at radius 1 is 0.951 bits per heavy atom. The van der Waals surface area contributed by atoms with Gasteiger partial charge >= 0.3 is 0 Å². The molecule has 1 atom stereocenters. The molecule has 41 heavy (non-hydrogen) atoms. The molecule has 1 aliphatic heterocycles. The summed E-state index contributed by atoms with van der Waals surface area (Å²) in [5.74, 6) is 0.0882. The number of rotatable bonds is 12. The summed E-state index contributed by atoms with van der Waals surface area (Å²) in [4.78, 5) is 28.6. The quantitative estimate of drug-likeness (QED) is 0.321. The molecule has 0 spiro atoms. The fourth-order valence-corrected chi connectivity index (χ4v) is 5.87. The average molecular weight is 580 g/mol. The maximum atomic E-state index is 14.0. The Bertz CT molecular complexity index is 1440. The molecule has 9 nitrogen and oxygen atoms in total. The van der Waals surface area contributed by atoms with Crippen LogP contribution in [0, 0.1) is 6.92 Å². The van der Waals surface area contributed by atoms with Crippen molar-refractivity contribution in [3.05, 3.63) is 83.9 Å². The first kappa shape index (κ1) is 29.9. The van der Waals surface area contributed by atoms with Crippen LogP contribution in [-0.4, -0.2) is 57.5 Å². The van der Waals surface area contributed by atoms with Crippen molar-refractivity contribution in [2.45, 2.75) is 51.1 Å². The van der Waals surface area contributed by atoms with Crippen molar-refractivity contribution >= 4 is 27.5 Å². The van der Waals surface area contributed by atoms with E-state index in [1.165, 1.54) is 17.0 Å². The van der Waals surface area contributed by atoms with Gasteiger partial charge in [-0.05, 0) is 50.1 Å². The van der Waals surface area contributed by atoms with Crippen LogP contribution in [-0.2, 0) is 26.2 Å². The minimum atomic E-state index is -4.16. The lowest BCUT2D eigenvalue weighted by Crippen LogP contribution is -2.51. The summed E-state index contributed by atoms with van der Waals surface area (Å²) in [5, 5.41) is 2.89. The number of ether oxygens (including phenoxy) is 2. The molecular weight excluding hydrogens is 542 g/mol. The number of benzene rings is 3. The van der Waals surface area contributed by atoms with Gasteiger partial charge < -0.3 is 19.7 Å². The summed E-state index contributed by atoms with van der Waals surface area (Å²) in [6, 6.07) is 19.6. The van der Waals surface area contributed by atoms with Crippen LogP contribution in [0.25, 0.3) is 0 Å². The number of aryl methyl sites for hydroxylation is 1. The number of carbonyl (C=O) groups is 2. The van der Waals surface area contributed by atoms with Gasteiger partial charge in [-0.2, -0.15) is 0 Å². The number of hydrogen-bond acceptors (Lipinski definition) is 6. The number of amides is 2. The lowest BCUT2D eigenvalue weighted by atomic mass is 10.1. The first-order valence-corrected chi connectivity index (χ1v) is 15.2. The van der Waals surface area contributed by atoms with E-state index in [1.807, 2.05) is 38.1 Å². The molecular formula is C31H37N3O6S. The average Bonchev–Trinajstić information content (AvgIpc) is 2.99. The lowest BCUT2D eigenvalue weighted by Gasteiger charge is -2.32. The van der Waals surface area contributed by atoms with Crippen molar-refractivity contribution in [2.75, 3.05) is 30.6 Å². The Labute approximate surface area is 242 Å². The molecule has 1 heterocycles. The molecule has 218 valence electrons. The number of hydrogen-bond donors (Lipinski definition) is 1. The van der Waals surface area contributed by atoms with E-state index in [0.717, 1.165) is 28.3 Å². The van der Waals surface area contributed by atoms with Crippen molar-refractivity contribution in [1.29, 1.82) is 0 Å². The van der Waals surface area contributed by atoms with Gasteiger partial charge in [-0.3, -0.25) is 13.9 Å². The second kappa shape index (κ2) is 13.5. The van der Waals surface area contributed by atoms with Crippen LogP contribution < -0.4 is 19.1 Å². The number of unbranched alkanes of at least 4 members (excludes halogenated alkanes) is 1. The van der Waals surface area contributed by atoms with Crippen molar-refractivity contribution in [3.63, 3.8) is 0 Å². The Hall–Kier alpha value is -4.05. The van der Waals surface area contributed by atoms with Gasteiger partial charge in [0, 0.05) is 19.2 Å². The van der Waals surface area contributed by atoms with Crippen LogP contribution >= 0.6 is 0 Å². The minimum absolute atomic E-state index is 0.0399. The first-order valence-electron chi connectivity index (χ1n) is 13.8. The fraction of sp³-hybridized carbons (Fsp3) is 0.355. The summed E-state index contributed by atoms with van der Waals surface area (Å²) >= 11 is 0. The predicted octanol–water partition coefficient (Wildman–Crippen LogP) is 4.30. The van der Waals surface area contributed by atoms with Crippen LogP contribution in [0.2, 0.25) is 0 Å². The second-order valence-corrected chi connectivity index (χ2v) is 11.8. The smallest absolute Gasteiger partial charge is 0.264 e. The number of anilines is 1. The second-order valence-electron chi connectivity index (χ2n) is 9.98. The zero-order valence-corrected chi connectivity index (χ0v) is 24.5. The summed E-state index contributed by atoms with van der Waals surface area (Å²) in [5.41, 5.74) is 2.14. The van der Waals surface area contributed by atoms with Gasteiger partial charge in [0.2, 0.25) is 11.8 Å². The maximum Gasteiger partial charge on any atom is 0.264 e. The third kappa shape index (κ3) is 7.38.